The highest BCUT2D eigenvalue weighted by Gasteiger charge is 2.40. The van der Waals surface area contributed by atoms with E-state index < -0.39 is 17.8 Å². The van der Waals surface area contributed by atoms with Crippen LogP contribution in [0.4, 0.5) is 4.79 Å². The summed E-state index contributed by atoms with van der Waals surface area (Å²) in [7, 11) is 0. The van der Waals surface area contributed by atoms with E-state index in [9.17, 15) is 14.4 Å². The van der Waals surface area contributed by atoms with Crippen molar-refractivity contribution in [1.29, 1.82) is 0 Å². The molecular weight excluding hydrogens is 543 g/mol. The molecule has 6 nitrogen and oxygen atoms in total. The molecule has 1 aliphatic carbocycles. The number of halogens is 1. The highest BCUT2D eigenvalue weighted by atomic mass is 127. The lowest BCUT2D eigenvalue weighted by Gasteiger charge is -2.31. The molecule has 34 heavy (non-hydrogen) atoms. The van der Waals surface area contributed by atoms with Gasteiger partial charge in [0, 0.05) is 6.04 Å². The molecule has 1 N–H and O–H groups in total. The van der Waals surface area contributed by atoms with Crippen molar-refractivity contribution in [3.8, 4) is 5.75 Å². The Morgan fingerprint density at radius 3 is 2.56 bits per heavy atom. The summed E-state index contributed by atoms with van der Waals surface area (Å²) in [6.45, 7) is 0.428. The minimum atomic E-state index is -0.657. The van der Waals surface area contributed by atoms with Gasteiger partial charge >= 0.3 is 6.03 Å². The lowest BCUT2D eigenvalue weighted by Crippen LogP contribution is -2.57. The Kier molecular flexibility index (Phi) is 6.36. The molecule has 2 aliphatic rings. The third-order valence-electron chi connectivity index (χ3n) is 6.35. The zero-order valence-electron chi connectivity index (χ0n) is 18.4. The van der Waals surface area contributed by atoms with Gasteiger partial charge in [-0.15, -0.1) is 0 Å². The van der Waals surface area contributed by atoms with E-state index >= 15 is 0 Å². The van der Waals surface area contributed by atoms with Crippen LogP contribution in [0.15, 0.2) is 66.2 Å². The molecule has 1 saturated heterocycles. The number of hydrogen-bond acceptors (Lipinski definition) is 4. The fraction of sp³-hybridized carbons (Fsp3) is 0.222. The summed E-state index contributed by atoms with van der Waals surface area (Å²) >= 11 is 2.19. The second kappa shape index (κ2) is 9.58. The number of nitrogens with one attached hydrogen (secondary N) is 1. The average Bonchev–Trinajstić information content (AvgIpc) is 3.35. The number of rotatable bonds is 5. The molecular formula is C27H23IN2O4. The predicted octanol–water partition coefficient (Wildman–Crippen LogP) is 5.43. The summed E-state index contributed by atoms with van der Waals surface area (Å²) < 4.78 is 6.95. The fourth-order valence-corrected chi connectivity index (χ4v) is 5.32. The number of carbonyl (C=O) groups excluding carboxylic acids is 3. The quantitative estimate of drug-likeness (QED) is 0.254. The van der Waals surface area contributed by atoms with E-state index in [1.54, 1.807) is 6.08 Å². The van der Waals surface area contributed by atoms with E-state index in [1.807, 2.05) is 36.4 Å². The molecule has 0 spiro atoms. The first-order valence-corrected chi connectivity index (χ1v) is 12.4. The zero-order chi connectivity index (χ0) is 23.7. The summed E-state index contributed by atoms with van der Waals surface area (Å²) in [4.78, 5) is 38.9. The maximum absolute atomic E-state index is 13.0. The topological polar surface area (TPSA) is 75.7 Å². The van der Waals surface area contributed by atoms with Gasteiger partial charge in [0.25, 0.3) is 11.8 Å². The normalized spacial score (nSPS) is 18.1. The van der Waals surface area contributed by atoms with Crippen LogP contribution in [0.2, 0.25) is 0 Å². The summed E-state index contributed by atoms with van der Waals surface area (Å²) in [5.41, 5.74) is 1.77. The van der Waals surface area contributed by atoms with Crippen LogP contribution < -0.4 is 10.1 Å². The smallest absolute Gasteiger partial charge is 0.331 e. The molecule has 7 heteroatoms. The van der Waals surface area contributed by atoms with Crippen LogP contribution in [0.5, 0.6) is 5.75 Å². The van der Waals surface area contributed by atoms with Crippen LogP contribution in [0.25, 0.3) is 16.8 Å². The van der Waals surface area contributed by atoms with Crippen LogP contribution in [0.3, 0.4) is 0 Å². The van der Waals surface area contributed by atoms with Crippen molar-refractivity contribution >= 4 is 57.3 Å². The summed E-state index contributed by atoms with van der Waals surface area (Å²) in [5.74, 6) is -0.458. The van der Waals surface area contributed by atoms with E-state index in [0.717, 1.165) is 46.0 Å². The van der Waals surface area contributed by atoms with E-state index in [4.69, 9.17) is 4.74 Å². The number of barbiturate groups is 1. The number of carbonyl (C=O) groups is 3. The highest BCUT2D eigenvalue weighted by Crippen LogP contribution is 2.29. The Bertz CT molecular complexity index is 1320. The van der Waals surface area contributed by atoms with Crippen LogP contribution in [-0.2, 0) is 16.2 Å². The second-order valence-corrected chi connectivity index (χ2v) is 9.71. The molecule has 1 saturated carbocycles. The van der Waals surface area contributed by atoms with E-state index in [0.29, 0.717) is 12.2 Å². The van der Waals surface area contributed by atoms with E-state index in [1.165, 1.54) is 10.3 Å². The van der Waals surface area contributed by atoms with Crippen molar-refractivity contribution < 1.29 is 19.1 Å². The maximum Gasteiger partial charge on any atom is 0.331 e. The van der Waals surface area contributed by atoms with Crippen LogP contribution in [-0.4, -0.2) is 28.8 Å². The summed E-state index contributed by atoms with van der Waals surface area (Å²) in [6, 6.07) is 19.1. The van der Waals surface area contributed by atoms with Crippen molar-refractivity contribution in [3.63, 3.8) is 0 Å². The number of benzene rings is 3. The summed E-state index contributed by atoms with van der Waals surface area (Å²) in [5, 5.41) is 4.64. The molecule has 0 aromatic heterocycles. The molecule has 1 aliphatic heterocycles. The lowest BCUT2D eigenvalue weighted by molar-refractivity contribution is -0.131. The number of imide groups is 2. The van der Waals surface area contributed by atoms with Crippen LogP contribution in [0, 0.1) is 3.57 Å². The van der Waals surface area contributed by atoms with Gasteiger partial charge in [0.1, 0.15) is 17.9 Å². The zero-order valence-corrected chi connectivity index (χ0v) is 20.6. The Morgan fingerprint density at radius 2 is 1.76 bits per heavy atom. The lowest BCUT2D eigenvalue weighted by atomic mass is 10.0. The molecule has 3 aromatic carbocycles. The number of urea groups is 1. The second-order valence-electron chi connectivity index (χ2n) is 8.55. The predicted molar refractivity (Wildman–Crippen MR) is 138 cm³/mol. The molecule has 0 bridgehead atoms. The Balaban J connectivity index is 1.35. The third-order valence-corrected chi connectivity index (χ3v) is 7.20. The molecule has 3 aromatic rings. The number of amides is 4. The number of hydrogen-bond donors (Lipinski definition) is 1. The molecule has 0 unspecified atom stereocenters. The first-order valence-electron chi connectivity index (χ1n) is 11.3. The molecule has 4 amide bonds. The molecule has 1 heterocycles. The van der Waals surface area contributed by atoms with Gasteiger partial charge in [-0.2, -0.15) is 0 Å². The fourth-order valence-electron chi connectivity index (χ4n) is 4.63. The minimum Gasteiger partial charge on any atom is -0.488 e. The highest BCUT2D eigenvalue weighted by molar-refractivity contribution is 14.1. The standard InChI is InChI=1S/C27H23IN2O4/c28-23-15-17(14-22-25(31)29-27(33)30(26(22)32)20-9-2-3-10-20)12-13-24(23)34-16-19-8-5-7-18-6-1-4-11-21(18)19/h1,4-8,11-15,20H,2-3,9-10,16H2,(H,29,31,33)/b22-14+. The van der Waals surface area contributed by atoms with Crippen molar-refractivity contribution in [2.24, 2.45) is 0 Å². The first-order chi connectivity index (χ1) is 16.5. The maximum atomic E-state index is 13.0. The molecule has 5 rings (SSSR count). The van der Waals surface area contributed by atoms with Gasteiger partial charge in [-0.25, -0.2) is 4.79 Å². The van der Waals surface area contributed by atoms with Crippen molar-refractivity contribution in [3.05, 3.63) is 80.9 Å². The third kappa shape index (κ3) is 4.44. The van der Waals surface area contributed by atoms with Gasteiger partial charge in [-0.1, -0.05) is 61.4 Å². The number of nitrogens with zero attached hydrogens (tertiary/aromatic N) is 1. The number of fused-ring (bicyclic) bond motifs is 1. The Labute approximate surface area is 211 Å². The van der Waals surface area contributed by atoms with Gasteiger partial charge in [-0.05, 0) is 75.5 Å². The summed E-state index contributed by atoms with van der Waals surface area (Å²) in [6.07, 6.45) is 5.06. The Hall–Kier alpha value is -3.20. The minimum absolute atomic E-state index is 0.0216. The van der Waals surface area contributed by atoms with Gasteiger partial charge < -0.3 is 4.74 Å². The average molecular weight is 566 g/mol. The van der Waals surface area contributed by atoms with Crippen molar-refractivity contribution in [2.45, 2.75) is 38.3 Å². The van der Waals surface area contributed by atoms with Gasteiger partial charge in [0.2, 0.25) is 0 Å². The van der Waals surface area contributed by atoms with E-state index in [-0.39, 0.29) is 11.6 Å². The molecule has 0 atom stereocenters. The molecule has 172 valence electrons. The van der Waals surface area contributed by atoms with Gasteiger partial charge in [-0.3, -0.25) is 19.8 Å². The SMILES string of the molecule is O=C1NC(=O)N(C2CCCC2)C(=O)/C1=C/c1ccc(OCc2cccc3ccccc23)c(I)c1. The van der Waals surface area contributed by atoms with Gasteiger partial charge in [0.15, 0.2) is 0 Å². The van der Waals surface area contributed by atoms with Crippen LogP contribution in [0.1, 0.15) is 36.8 Å². The molecule has 2 fully saturated rings. The Morgan fingerprint density at radius 1 is 1.00 bits per heavy atom. The van der Waals surface area contributed by atoms with Gasteiger partial charge in [0.05, 0.1) is 3.57 Å². The monoisotopic (exact) mass is 566 g/mol. The van der Waals surface area contributed by atoms with Crippen molar-refractivity contribution in [2.75, 3.05) is 0 Å². The number of ether oxygens (including phenoxy) is 1. The van der Waals surface area contributed by atoms with Crippen molar-refractivity contribution in [1.82, 2.24) is 10.2 Å². The van der Waals surface area contributed by atoms with E-state index in [2.05, 4.69) is 52.2 Å². The largest absolute Gasteiger partial charge is 0.488 e. The van der Waals surface area contributed by atoms with Crippen LogP contribution >= 0.6 is 22.6 Å². The molecule has 0 radical (unpaired) electrons. The first kappa shape index (κ1) is 22.6.